The molecule has 18 heavy (non-hydrogen) atoms. The number of carboxylic acids is 1. The molecule has 0 fully saturated rings. The Kier molecular flexibility index (Phi) is 3.38. The number of carbonyl (C=O) groups is 2. The van der Waals surface area contributed by atoms with Crippen LogP contribution < -0.4 is 5.32 Å². The molecule has 1 amide bonds. The van der Waals surface area contributed by atoms with E-state index in [1.54, 1.807) is 12.4 Å². The Labute approximate surface area is 103 Å². The van der Waals surface area contributed by atoms with Crippen LogP contribution in [0.25, 0.3) is 0 Å². The Balaban J connectivity index is 2.04. The quantitative estimate of drug-likeness (QED) is 0.749. The molecule has 2 heterocycles. The summed E-state index contributed by atoms with van der Waals surface area (Å²) in [7, 11) is 0. The first-order chi connectivity index (χ1) is 8.66. The molecular weight excluding hydrogens is 234 g/mol. The fourth-order valence-corrected chi connectivity index (χ4v) is 1.42. The average Bonchev–Trinajstić information content (AvgIpc) is 2.89. The van der Waals surface area contributed by atoms with Crippen molar-refractivity contribution in [2.45, 2.75) is 6.54 Å². The predicted octanol–water partition coefficient (Wildman–Crippen LogP) is 1.04. The van der Waals surface area contributed by atoms with Crippen molar-refractivity contribution in [3.63, 3.8) is 0 Å². The second-order valence-electron chi connectivity index (χ2n) is 3.62. The van der Waals surface area contributed by atoms with Crippen LogP contribution in [-0.2, 0) is 6.54 Å². The Morgan fingerprint density at radius 2 is 2.06 bits per heavy atom. The molecule has 0 aliphatic rings. The van der Waals surface area contributed by atoms with E-state index in [2.05, 4.69) is 15.3 Å². The van der Waals surface area contributed by atoms with E-state index in [4.69, 9.17) is 5.11 Å². The molecule has 6 heteroatoms. The fourth-order valence-electron chi connectivity index (χ4n) is 1.42. The number of H-pyrrole nitrogens is 1. The van der Waals surface area contributed by atoms with Gasteiger partial charge in [-0.15, -0.1) is 0 Å². The van der Waals surface area contributed by atoms with Gasteiger partial charge in [-0.3, -0.25) is 4.79 Å². The average molecular weight is 245 g/mol. The van der Waals surface area contributed by atoms with Crippen molar-refractivity contribution in [2.75, 3.05) is 0 Å². The van der Waals surface area contributed by atoms with E-state index in [9.17, 15) is 9.59 Å². The van der Waals surface area contributed by atoms with Crippen molar-refractivity contribution in [3.05, 3.63) is 53.6 Å². The highest BCUT2D eigenvalue weighted by Crippen LogP contribution is 2.01. The molecule has 0 aliphatic heterocycles. The third kappa shape index (κ3) is 2.73. The number of carboxylic acid groups (broad SMARTS) is 1. The lowest BCUT2D eigenvalue weighted by Crippen LogP contribution is -2.24. The standard InChI is InChI=1S/C12H11N3O3/c16-11(14-7-8-4-5-13-6-8)9-2-1-3-10(15-9)12(17)18/h1-6,13H,7H2,(H,14,16)(H,17,18). The number of carbonyl (C=O) groups excluding carboxylic acids is 1. The minimum absolute atomic E-state index is 0.0884. The molecule has 0 atom stereocenters. The number of nitrogens with one attached hydrogen (secondary N) is 2. The summed E-state index contributed by atoms with van der Waals surface area (Å²) in [6, 6.07) is 6.13. The Bertz CT molecular complexity index is 564. The van der Waals surface area contributed by atoms with Gasteiger partial charge >= 0.3 is 5.97 Å². The van der Waals surface area contributed by atoms with Crippen LogP contribution in [0.5, 0.6) is 0 Å². The molecule has 2 aromatic heterocycles. The maximum atomic E-state index is 11.7. The molecule has 0 bridgehead atoms. The molecule has 0 aromatic carbocycles. The smallest absolute Gasteiger partial charge is 0.354 e. The van der Waals surface area contributed by atoms with Crippen molar-refractivity contribution in [1.82, 2.24) is 15.3 Å². The number of pyridine rings is 1. The summed E-state index contributed by atoms with van der Waals surface area (Å²) >= 11 is 0. The normalized spacial score (nSPS) is 10.0. The first kappa shape index (κ1) is 11.8. The Morgan fingerprint density at radius 3 is 2.72 bits per heavy atom. The second-order valence-corrected chi connectivity index (χ2v) is 3.62. The Morgan fingerprint density at radius 1 is 1.28 bits per heavy atom. The number of hydrogen-bond acceptors (Lipinski definition) is 3. The first-order valence-electron chi connectivity index (χ1n) is 5.27. The highest BCUT2D eigenvalue weighted by molar-refractivity contribution is 5.94. The van der Waals surface area contributed by atoms with Gasteiger partial charge in [-0.25, -0.2) is 9.78 Å². The topological polar surface area (TPSA) is 95.1 Å². The zero-order valence-electron chi connectivity index (χ0n) is 9.38. The number of aromatic amines is 1. The van der Waals surface area contributed by atoms with E-state index in [-0.39, 0.29) is 11.4 Å². The van der Waals surface area contributed by atoms with E-state index in [0.29, 0.717) is 6.54 Å². The van der Waals surface area contributed by atoms with Gasteiger partial charge in [0, 0.05) is 18.9 Å². The van der Waals surface area contributed by atoms with E-state index in [0.717, 1.165) is 5.56 Å². The summed E-state index contributed by atoms with van der Waals surface area (Å²) < 4.78 is 0. The van der Waals surface area contributed by atoms with Crippen LogP contribution in [0, 0.1) is 0 Å². The largest absolute Gasteiger partial charge is 0.477 e. The number of nitrogens with zero attached hydrogens (tertiary/aromatic N) is 1. The second kappa shape index (κ2) is 5.13. The highest BCUT2D eigenvalue weighted by atomic mass is 16.4. The van der Waals surface area contributed by atoms with Crippen molar-refractivity contribution in [3.8, 4) is 0 Å². The molecule has 0 radical (unpaired) electrons. The van der Waals surface area contributed by atoms with Gasteiger partial charge in [0.25, 0.3) is 5.91 Å². The summed E-state index contributed by atoms with van der Waals surface area (Å²) in [5, 5.41) is 11.4. The zero-order valence-corrected chi connectivity index (χ0v) is 9.38. The molecule has 0 unspecified atom stereocenters. The molecule has 2 rings (SSSR count). The van der Waals surface area contributed by atoms with Gasteiger partial charge in [0.15, 0.2) is 0 Å². The lowest BCUT2D eigenvalue weighted by atomic mass is 10.2. The summed E-state index contributed by atoms with van der Waals surface area (Å²) in [5.74, 6) is -1.56. The van der Waals surface area contributed by atoms with Crippen LogP contribution in [0.4, 0.5) is 0 Å². The summed E-state index contributed by atoms with van der Waals surface area (Å²) in [6.07, 6.45) is 3.52. The number of aromatic nitrogens is 2. The van der Waals surface area contributed by atoms with Crippen LogP contribution in [0.2, 0.25) is 0 Å². The van der Waals surface area contributed by atoms with Gasteiger partial charge in [-0.1, -0.05) is 6.07 Å². The van der Waals surface area contributed by atoms with Crippen molar-refractivity contribution < 1.29 is 14.7 Å². The molecule has 0 spiro atoms. The summed E-state index contributed by atoms with van der Waals surface area (Å²) in [4.78, 5) is 29.1. The highest BCUT2D eigenvalue weighted by Gasteiger charge is 2.10. The molecule has 92 valence electrons. The van der Waals surface area contributed by atoms with Crippen LogP contribution in [-0.4, -0.2) is 27.0 Å². The van der Waals surface area contributed by atoms with Crippen molar-refractivity contribution in [1.29, 1.82) is 0 Å². The third-order valence-electron chi connectivity index (χ3n) is 2.32. The number of amides is 1. The molecule has 0 saturated heterocycles. The van der Waals surface area contributed by atoms with Gasteiger partial charge in [-0.05, 0) is 23.8 Å². The van der Waals surface area contributed by atoms with Crippen molar-refractivity contribution >= 4 is 11.9 Å². The third-order valence-corrected chi connectivity index (χ3v) is 2.32. The SMILES string of the molecule is O=C(O)c1cccc(C(=O)NCc2cc[nH]c2)n1. The van der Waals surface area contributed by atoms with E-state index >= 15 is 0 Å². The van der Waals surface area contributed by atoms with Gasteiger partial charge in [0.1, 0.15) is 11.4 Å². The maximum Gasteiger partial charge on any atom is 0.354 e. The monoisotopic (exact) mass is 245 g/mol. The van der Waals surface area contributed by atoms with E-state index in [1.807, 2.05) is 6.07 Å². The zero-order chi connectivity index (χ0) is 13.0. The van der Waals surface area contributed by atoms with Crippen molar-refractivity contribution in [2.24, 2.45) is 0 Å². The number of aromatic carboxylic acids is 1. The van der Waals surface area contributed by atoms with Gasteiger partial charge in [0.05, 0.1) is 0 Å². The molecule has 0 aliphatic carbocycles. The maximum absolute atomic E-state index is 11.7. The van der Waals surface area contributed by atoms with Gasteiger partial charge < -0.3 is 15.4 Å². The van der Waals surface area contributed by atoms with Crippen LogP contribution in [0.15, 0.2) is 36.7 Å². The molecule has 6 nitrogen and oxygen atoms in total. The van der Waals surface area contributed by atoms with E-state index < -0.39 is 11.9 Å². The minimum atomic E-state index is -1.16. The van der Waals surface area contributed by atoms with E-state index in [1.165, 1.54) is 18.2 Å². The number of hydrogen-bond donors (Lipinski definition) is 3. The first-order valence-corrected chi connectivity index (χ1v) is 5.27. The van der Waals surface area contributed by atoms with Crippen LogP contribution >= 0.6 is 0 Å². The lowest BCUT2D eigenvalue weighted by Gasteiger charge is -2.03. The van der Waals surface area contributed by atoms with Crippen LogP contribution in [0.1, 0.15) is 26.5 Å². The predicted molar refractivity (Wildman–Crippen MR) is 63.2 cm³/mol. The summed E-state index contributed by atoms with van der Waals surface area (Å²) in [6.45, 7) is 0.362. The minimum Gasteiger partial charge on any atom is -0.477 e. The van der Waals surface area contributed by atoms with Gasteiger partial charge in [0.2, 0.25) is 0 Å². The molecular formula is C12H11N3O3. The molecule has 3 N–H and O–H groups in total. The summed E-state index contributed by atoms with van der Waals surface area (Å²) in [5.41, 5.74) is 0.868. The molecule has 2 aromatic rings. The molecule has 0 saturated carbocycles. The van der Waals surface area contributed by atoms with Gasteiger partial charge in [-0.2, -0.15) is 0 Å². The Hall–Kier alpha value is -2.63. The lowest BCUT2D eigenvalue weighted by molar-refractivity contribution is 0.0690. The number of rotatable bonds is 4. The fraction of sp³-hybridized carbons (Fsp3) is 0.0833. The van der Waals surface area contributed by atoms with Crippen LogP contribution in [0.3, 0.4) is 0 Å².